The topological polar surface area (TPSA) is 44.8 Å². The van der Waals surface area contributed by atoms with Gasteiger partial charge in [-0.3, -0.25) is 4.79 Å². The van der Waals surface area contributed by atoms with Gasteiger partial charge in [-0.15, -0.1) is 0 Å². The summed E-state index contributed by atoms with van der Waals surface area (Å²) < 4.78 is 39.5. The first-order valence-electron chi connectivity index (χ1n) is 7.44. The highest BCUT2D eigenvalue weighted by molar-refractivity contribution is 6.08. The van der Waals surface area contributed by atoms with Crippen molar-refractivity contribution in [1.82, 2.24) is 0 Å². The maximum absolute atomic E-state index is 12.5. The lowest BCUT2D eigenvalue weighted by molar-refractivity contribution is -0.0512. The van der Waals surface area contributed by atoms with Crippen molar-refractivity contribution in [1.29, 1.82) is 0 Å². The Labute approximate surface area is 144 Å². The molecule has 0 atom stereocenters. The van der Waals surface area contributed by atoms with Crippen molar-refractivity contribution in [2.75, 3.05) is 14.2 Å². The first kappa shape index (κ1) is 18.4. The summed E-state index contributed by atoms with van der Waals surface area (Å²) >= 11 is 0. The Balaban J connectivity index is 2.27. The molecule has 0 amide bonds. The number of hydrogen-bond acceptors (Lipinski definition) is 4. The summed E-state index contributed by atoms with van der Waals surface area (Å²) in [5.74, 6) is 0.300. The van der Waals surface area contributed by atoms with E-state index in [1.807, 2.05) is 13.0 Å². The molecule has 0 N–H and O–H groups in total. The van der Waals surface area contributed by atoms with E-state index in [0.717, 1.165) is 5.56 Å². The number of ketones is 1. The van der Waals surface area contributed by atoms with Crippen molar-refractivity contribution in [3.8, 4) is 17.2 Å². The van der Waals surface area contributed by atoms with Gasteiger partial charge in [-0.05, 0) is 42.8 Å². The van der Waals surface area contributed by atoms with Crippen molar-refractivity contribution in [3.05, 3.63) is 59.2 Å². The van der Waals surface area contributed by atoms with Crippen LogP contribution in [-0.4, -0.2) is 26.6 Å². The Hall–Kier alpha value is -2.89. The van der Waals surface area contributed by atoms with Crippen LogP contribution in [0.25, 0.3) is 6.08 Å². The lowest BCUT2D eigenvalue weighted by Gasteiger charge is -2.10. The van der Waals surface area contributed by atoms with Crippen molar-refractivity contribution in [3.63, 3.8) is 0 Å². The predicted octanol–water partition coefficient (Wildman–Crippen LogP) is 4.51. The van der Waals surface area contributed by atoms with Crippen molar-refractivity contribution in [2.24, 2.45) is 0 Å². The molecule has 0 radical (unpaired) electrons. The van der Waals surface area contributed by atoms with Crippen LogP contribution in [0.2, 0.25) is 0 Å². The van der Waals surface area contributed by atoms with Crippen LogP contribution >= 0.6 is 0 Å². The molecule has 0 aromatic heterocycles. The fraction of sp³-hybridized carbons (Fsp3) is 0.211. The molecule has 0 saturated carbocycles. The lowest BCUT2D eigenvalue weighted by Crippen LogP contribution is -2.03. The monoisotopic (exact) mass is 348 g/mol. The van der Waals surface area contributed by atoms with Crippen LogP contribution in [0.15, 0.2) is 42.5 Å². The zero-order valence-corrected chi connectivity index (χ0v) is 14.1. The summed E-state index contributed by atoms with van der Waals surface area (Å²) in [5, 5.41) is 0. The van der Waals surface area contributed by atoms with Crippen molar-refractivity contribution >= 4 is 11.9 Å². The van der Waals surface area contributed by atoms with Crippen LogP contribution in [0.1, 0.15) is 21.5 Å². The van der Waals surface area contributed by atoms with Gasteiger partial charge in [0.05, 0.1) is 19.8 Å². The maximum Gasteiger partial charge on any atom is 0.387 e. The molecule has 4 nitrogen and oxygen atoms in total. The highest BCUT2D eigenvalue weighted by Crippen LogP contribution is 2.30. The molecular weight excluding hydrogens is 330 g/mol. The zero-order valence-electron chi connectivity index (χ0n) is 14.1. The second-order valence-electron chi connectivity index (χ2n) is 5.19. The summed E-state index contributed by atoms with van der Waals surface area (Å²) in [6.45, 7) is -1.09. The minimum absolute atomic E-state index is 0.0970. The highest BCUT2D eigenvalue weighted by atomic mass is 19.3. The summed E-state index contributed by atoms with van der Waals surface area (Å²) in [7, 11) is 2.85. The molecule has 0 spiro atoms. The minimum atomic E-state index is -2.97. The number of hydrogen-bond donors (Lipinski definition) is 0. The van der Waals surface area contributed by atoms with E-state index in [2.05, 4.69) is 4.74 Å². The van der Waals surface area contributed by atoms with Crippen molar-refractivity contribution in [2.45, 2.75) is 13.5 Å². The van der Waals surface area contributed by atoms with E-state index in [9.17, 15) is 13.6 Å². The van der Waals surface area contributed by atoms with Gasteiger partial charge in [-0.2, -0.15) is 8.78 Å². The molecule has 2 aromatic carbocycles. The van der Waals surface area contributed by atoms with E-state index in [1.54, 1.807) is 18.2 Å². The second kappa shape index (κ2) is 8.28. The number of carbonyl (C=O) groups is 1. The van der Waals surface area contributed by atoms with Gasteiger partial charge in [0.2, 0.25) is 0 Å². The first-order chi connectivity index (χ1) is 11.9. The molecule has 2 rings (SSSR count). The first-order valence-corrected chi connectivity index (χ1v) is 7.44. The van der Waals surface area contributed by atoms with Crippen LogP contribution in [-0.2, 0) is 0 Å². The fourth-order valence-corrected chi connectivity index (χ4v) is 2.26. The van der Waals surface area contributed by atoms with Gasteiger partial charge < -0.3 is 14.2 Å². The number of halogens is 2. The van der Waals surface area contributed by atoms with Gasteiger partial charge in [-0.1, -0.05) is 23.8 Å². The van der Waals surface area contributed by atoms with E-state index in [4.69, 9.17) is 9.47 Å². The lowest BCUT2D eigenvalue weighted by atomic mass is 10.1. The van der Waals surface area contributed by atoms with Gasteiger partial charge in [0.1, 0.15) is 5.75 Å². The standard InChI is InChI=1S/C19H18F2O4/c1-12-4-8-16(23-2)14(10-12)15(22)7-5-13-6-9-17(24-3)18(11-13)25-19(20)21/h4-11,19H,1-3H3/b7-5+. The van der Waals surface area contributed by atoms with Crippen LogP contribution in [0.4, 0.5) is 8.78 Å². The number of alkyl halides is 2. The SMILES string of the molecule is COc1ccc(/C=C/C(=O)c2cc(C)ccc2OC)cc1OC(F)F. The third kappa shape index (κ3) is 4.79. The predicted molar refractivity (Wildman–Crippen MR) is 90.7 cm³/mol. The number of rotatable bonds is 7. The van der Waals surface area contributed by atoms with Gasteiger partial charge in [0.15, 0.2) is 17.3 Å². The van der Waals surface area contributed by atoms with E-state index in [1.165, 1.54) is 38.5 Å². The summed E-state index contributed by atoms with van der Waals surface area (Å²) in [5.41, 5.74) is 1.88. The van der Waals surface area contributed by atoms with Crippen LogP contribution < -0.4 is 14.2 Å². The number of carbonyl (C=O) groups excluding carboxylic acids is 1. The third-order valence-electron chi connectivity index (χ3n) is 3.45. The molecule has 6 heteroatoms. The molecule has 132 valence electrons. The third-order valence-corrected chi connectivity index (χ3v) is 3.45. The Morgan fingerprint density at radius 1 is 1.00 bits per heavy atom. The van der Waals surface area contributed by atoms with Gasteiger partial charge in [0.25, 0.3) is 0 Å². The molecule has 0 bridgehead atoms. The summed E-state index contributed by atoms with van der Waals surface area (Å²) in [6.07, 6.45) is 2.87. The number of aryl methyl sites for hydroxylation is 1. The molecule has 0 saturated heterocycles. The molecule has 2 aromatic rings. The van der Waals surface area contributed by atoms with Crippen LogP contribution in [0.3, 0.4) is 0 Å². The second-order valence-corrected chi connectivity index (χ2v) is 5.19. The average Bonchev–Trinajstić information content (AvgIpc) is 2.59. The smallest absolute Gasteiger partial charge is 0.387 e. The molecule has 0 fully saturated rings. The van der Waals surface area contributed by atoms with E-state index >= 15 is 0 Å². The molecule has 0 aliphatic carbocycles. The highest BCUT2D eigenvalue weighted by Gasteiger charge is 2.12. The van der Waals surface area contributed by atoms with Gasteiger partial charge >= 0.3 is 6.61 Å². The van der Waals surface area contributed by atoms with Crippen LogP contribution in [0, 0.1) is 6.92 Å². The Kier molecular flexibility index (Phi) is 6.11. The van der Waals surface area contributed by atoms with Crippen LogP contribution in [0.5, 0.6) is 17.2 Å². The van der Waals surface area contributed by atoms with Gasteiger partial charge in [0, 0.05) is 0 Å². The normalized spacial score (nSPS) is 11.0. The number of methoxy groups -OCH3 is 2. The zero-order chi connectivity index (χ0) is 18.4. The largest absolute Gasteiger partial charge is 0.496 e. The van der Waals surface area contributed by atoms with Gasteiger partial charge in [-0.25, -0.2) is 0 Å². The quantitative estimate of drug-likeness (QED) is 0.545. The van der Waals surface area contributed by atoms with E-state index in [-0.39, 0.29) is 17.3 Å². The molecule has 0 aliphatic heterocycles. The summed E-state index contributed by atoms with van der Waals surface area (Å²) in [6, 6.07) is 9.80. The Bertz CT molecular complexity index is 785. The number of ether oxygens (including phenoxy) is 3. The van der Waals surface area contributed by atoms with E-state index in [0.29, 0.717) is 16.9 Å². The minimum Gasteiger partial charge on any atom is -0.496 e. The number of allylic oxidation sites excluding steroid dienone is 1. The maximum atomic E-state index is 12.5. The Morgan fingerprint density at radius 3 is 2.32 bits per heavy atom. The van der Waals surface area contributed by atoms with Crippen molar-refractivity contribution < 1.29 is 27.8 Å². The molecule has 0 heterocycles. The molecule has 0 aliphatic rings. The Morgan fingerprint density at radius 2 is 1.68 bits per heavy atom. The fourth-order valence-electron chi connectivity index (χ4n) is 2.26. The summed E-state index contributed by atoms with van der Waals surface area (Å²) in [4.78, 5) is 12.4. The number of benzene rings is 2. The molecule has 25 heavy (non-hydrogen) atoms. The average molecular weight is 348 g/mol. The molecular formula is C19H18F2O4. The van der Waals surface area contributed by atoms with E-state index < -0.39 is 6.61 Å². The molecule has 0 unspecified atom stereocenters.